The number of hydrogen-bond acceptors (Lipinski definition) is 4. The first-order chi connectivity index (χ1) is 10.3. The molecule has 1 saturated heterocycles. The Morgan fingerprint density at radius 1 is 1.45 bits per heavy atom. The predicted molar refractivity (Wildman–Crippen MR) is 79.7 cm³/mol. The highest BCUT2D eigenvalue weighted by molar-refractivity contribution is 7.88. The molecule has 1 aliphatic rings. The lowest BCUT2D eigenvalue weighted by Crippen LogP contribution is -2.41. The van der Waals surface area contributed by atoms with Crippen molar-refractivity contribution < 1.29 is 17.9 Å². The zero-order valence-electron chi connectivity index (χ0n) is 12.4. The highest BCUT2D eigenvalue weighted by Gasteiger charge is 2.30. The number of nitriles is 1. The molecule has 1 unspecified atom stereocenters. The Balaban J connectivity index is 2.11. The van der Waals surface area contributed by atoms with E-state index in [0.29, 0.717) is 25.9 Å². The van der Waals surface area contributed by atoms with Gasteiger partial charge < -0.3 is 5.11 Å². The molecule has 7 heteroatoms. The molecule has 1 heterocycles. The summed E-state index contributed by atoms with van der Waals surface area (Å²) in [6.45, 7) is 2.37. The van der Waals surface area contributed by atoms with Crippen LogP contribution in [0.2, 0.25) is 0 Å². The van der Waals surface area contributed by atoms with Crippen molar-refractivity contribution in [1.29, 1.82) is 5.26 Å². The quantitative estimate of drug-likeness (QED) is 0.911. The Labute approximate surface area is 130 Å². The largest absolute Gasteiger partial charge is 0.393 e. The summed E-state index contributed by atoms with van der Waals surface area (Å²) < 4.78 is 39.9. The summed E-state index contributed by atoms with van der Waals surface area (Å²) >= 11 is 0. The van der Waals surface area contributed by atoms with Gasteiger partial charge in [0.25, 0.3) is 0 Å². The van der Waals surface area contributed by atoms with Gasteiger partial charge in [-0.2, -0.15) is 5.26 Å². The fourth-order valence-corrected chi connectivity index (χ4v) is 4.24. The monoisotopic (exact) mass is 326 g/mol. The van der Waals surface area contributed by atoms with Crippen LogP contribution in [0.25, 0.3) is 0 Å². The highest BCUT2D eigenvalue weighted by Crippen LogP contribution is 2.24. The first kappa shape index (κ1) is 16.9. The van der Waals surface area contributed by atoms with Crippen molar-refractivity contribution in [3.05, 3.63) is 35.1 Å². The van der Waals surface area contributed by atoms with E-state index in [4.69, 9.17) is 5.26 Å². The molecule has 1 aromatic carbocycles. The lowest BCUT2D eigenvalue weighted by atomic mass is 9.93. The molecule has 0 amide bonds. The summed E-state index contributed by atoms with van der Waals surface area (Å²) in [6.07, 6.45) is 0.740. The number of benzene rings is 1. The van der Waals surface area contributed by atoms with E-state index >= 15 is 0 Å². The molecule has 22 heavy (non-hydrogen) atoms. The standard InChI is InChI=1S/C15H19FN2O3S/c1-11(19)13-4-6-18(7-5-13)22(20,21)10-14-8-12(9-17)2-3-15(14)16/h2-3,8,11,13,19H,4-7,10H2,1H3. The second-order valence-corrected chi connectivity index (χ2v) is 7.62. The number of hydrogen-bond donors (Lipinski definition) is 1. The number of sulfonamides is 1. The number of rotatable bonds is 4. The van der Waals surface area contributed by atoms with Crippen LogP contribution < -0.4 is 0 Å². The number of nitrogens with zero attached hydrogens (tertiary/aromatic N) is 2. The summed E-state index contributed by atoms with van der Waals surface area (Å²) in [5, 5.41) is 18.4. The lowest BCUT2D eigenvalue weighted by molar-refractivity contribution is 0.0911. The number of aliphatic hydroxyl groups is 1. The molecule has 0 aliphatic carbocycles. The minimum Gasteiger partial charge on any atom is -0.393 e. The molecular formula is C15H19FN2O3S. The molecule has 0 spiro atoms. The molecular weight excluding hydrogens is 307 g/mol. The lowest BCUT2D eigenvalue weighted by Gasteiger charge is -2.32. The van der Waals surface area contributed by atoms with Crippen LogP contribution in [-0.2, 0) is 15.8 Å². The molecule has 1 fully saturated rings. The van der Waals surface area contributed by atoms with Gasteiger partial charge in [0, 0.05) is 18.7 Å². The van der Waals surface area contributed by atoms with E-state index in [9.17, 15) is 17.9 Å². The fourth-order valence-electron chi connectivity index (χ4n) is 2.68. The Kier molecular flexibility index (Phi) is 5.16. The van der Waals surface area contributed by atoms with Crippen LogP contribution in [0.4, 0.5) is 4.39 Å². The van der Waals surface area contributed by atoms with Gasteiger partial charge in [-0.05, 0) is 43.9 Å². The Hall–Kier alpha value is -1.49. The predicted octanol–water partition coefficient (Wildman–Crippen LogP) is 1.62. The van der Waals surface area contributed by atoms with Crippen LogP contribution in [0.1, 0.15) is 30.9 Å². The third-order valence-corrected chi connectivity index (χ3v) is 5.91. The molecule has 0 bridgehead atoms. The number of aliphatic hydroxyl groups excluding tert-OH is 1. The minimum atomic E-state index is -3.63. The topological polar surface area (TPSA) is 81.4 Å². The van der Waals surface area contributed by atoms with Crippen LogP contribution in [-0.4, -0.2) is 37.0 Å². The summed E-state index contributed by atoms with van der Waals surface area (Å²) in [5.74, 6) is -0.972. The average Bonchev–Trinajstić information content (AvgIpc) is 2.49. The first-order valence-corrected chi connectivity index (χ1v) is 8.79. The van der Waals surface area contributed by atoms with Gasteiger partial charge >= 0.3 is 0 Å². The van der Waals surface area contributed by atoms with Crippen LogP contribution in [0.15, 0.2) is 18.2 Å². The van der Waals surface area contributed by atoms with Gasteiger partial charge in [0.1, 0.15) is 5.82 Å². The molecule has 0 saturated carbocycles. The van der Waals surface area contributed by atoms with E-state index in [2.05, 4.69) is 0 Å². The molecule has 5 nitrogen and oxygen atoms in total. The molecule has 1 atom stereocenters. The Morgan fingerprint density at radius 3 is 2.64 bits per heavy atom. The van der Waals surface area contributed by atoms with E-state index < -0.39 is 27.7 Å². The van der Waals surface area contributed by atoms with E-state index in [-0.39, 0.29) is 17.0 Å². The maximum Gasteiger partial charge on any atom is 0.218 e. The third-order valence-electron chi connectivity index (χ3n) is 4.09. The summed E-state index contributed by atoms with van der Waals surface area (Å²) in [4.78, 5) is 0. The van der Waals surface area contributed by atoms with Crippen molar-refractivity contribution in [2.75, 3.05) is 13.1 Å². The van der Waals surface area contributed by atoms with Gasteiger partial charge in [-0.3, -0.25) is 0 Å². The number of halogens is 1. The van der Waals surface area contributed by atoms with Gasteiger partial charge in [0.15, 0.2) is 0 Å². The molecule has 0 radical (unpaired) electrons. The zero-order valence-corrected chi connectivity index (χ0v) is 13.2. The summed E-state index contributed by atoms with van der Waals surface area (Å²) in [5.41, 5.74) is 0.246. The Bertz CT molecular complexity index is 675. The smallest absolute Gasteiger partial charge is 0.218 e. The maximum atomic E-state index is 13.7. The van der Waals surface area contributed by atoms with Gasteiger partial charge in [-0.25, -0.2) is 17.1 Å². The van der Waals surface area contributed by atoms with Gasteiger partial charge in [-0.15, -0.1) is 0 Å². The van der Waals surface area contributed by atoms with Crippen molar-refractivity contribution in [1.82, 2.24) is 4.31 Å². The minimum absolute atomic E-state index is 0.0108. The van der Waals surface area contributed by atoms with Crippen LogP contribution in [0.5, 0.6) is 0 Å². The summed E-state index contributed by atoms with van der Waals surface area (Å²) in [7, 11) is -3.63. The first-order valence-electron chi connectivity index (χ1n) is 7.18. The normalized spacial score (nSPS) is 18.8. The van der Waals surface area contributed by atoms with Crippen LogP contribution in [0.3, 0.4) is 0 Å². The van der Waals surface area contributed by atoms with Crippen molar-refractivity contribution >= 4 is 10.0 Å². The highest BCUT2D eigenvalue weighted by atomic mass is 32.2. The SMILES string of the molecule is CC(O)C1CCN(S(=O)(=O)Cc2cc(C#N)ccc2F)CC1. The molecule has 2 rings (SSSR count). The van der Waals surface area contributed by atoms with Crippen molar-refractivity contribution in [2.24, 2.45) is 5.92 Å². The number of piperidine rings is 1. The Morgan fingerprint density at radius 2 is 2.09 bits per heavy atom. The van der Waals surface area contributed by atoms with Crippen molar-refractivity contribution in [3.63, 3.8) is 0 Å². The third kappa shape index (κ3) is 3.83. The molecule has 1 aliphatic heterocycles. The van der Waals surface area contributed by atoms with E-state index in [1.807, 2.05) is 6.07 Å². The van der Waals surface area contributed by atoms with Crippen LogP contribution >= 0.6 is 0 Å². The second-order valence-electron chi connectivity index (χ2n) is 5.65. The zero-order chi connectivity index (χ0) is 16.3. The van der Waals surface area contributed by atoms with Gasteiger partial charge in [-0.1, -0.05) is 0 Å². The van der Waals surface area contributed by atoms with Crippen LogP contribution in [0, 0.1) is 23.1 Å². The molecule has 1 aromatic rings. The molecule has 120 valence electrons. The average molecular weight is 326 g/mol. The van der Waals surface area contributed by atoms with Crippen molar-refractivity contribution in [2.45, 2.75) is 31.6 Å². The maximum absolute atomic E-state index is 13.7. The van der Waals surface area contributed by atoms with Gasteiger partial charge in [0.2, 0.25) is 10.0 Å². The van der Waals surface area contributed by atoms with Crippen molar-refractivity contribution in [3.8, 4) is 6.07 Å². The second kappa shape index (κ2) is 6.73. The van der Waals surface area contributed by atoms with E-state index in [1.165, 1.54) is 16.4 Å². The van der Waals surface area contributed by atoms with E-state index in [1.54, 1.807) is 6.92 Å². The molecule has 1 N–H and O–H groups in total. The van der Waals surface area contributed by atoms with E-state index in [0.717, 1.165) is 6.07 Å². The van der Waals surface area contributed by atoms with Gasteiger partial charge in [0.05, 0.1) is 23.5 Å². The summed E-state index contributed by atoms with van der Waals surface area (Å²) in [6, 6.07) is 5.58. The molecule has 0 aromatic heterocycles. The fraction of sp³-hybridized carbons (Fsp3) is 0.533.